The van der Waals surface area contributed by atoms with E-state index in [-0.39, 0.29) is 17.9 Å². The second-order valence-electron chi connectivity index (χ2n) is 6.49. The van der Waals surface area contributed by atoms with Gasteiger partial charge in [-0.25, -0.2) is 9.97 Å². The Morgan fingerprint density at radius 2 is 2.14 bits per heavy atom. The highest BCUT2D eigenvalue weighted by Crippen LogP contribution is 2.21. The summed E-state index contributed by atoms with van der Waals surface area (Å²) in [6, 6.07) is 1.87. The van der Waals surface area contributed by atoms with Crippen molar-refractivity contribution in [3.05, 3.63) is 12.4 Å². The molecule has 1 fully saturated rings. The summed E-state index contributed by atoms with van der Waals surface area (Å²) in [4.78, 5) is 24.0. The zero-order chi connectivity index (χ0) is 16.2. The molecule has 2 heterocycles. The fourth-order valence-electron chi connectivity index (χ4n) is 2.29. The van der Waals surface area contributed by atoms with Crippen LogP contribution in [0.25, 0.3) is 0 Å². The van der Waals surface area contributed by atoms with Gasteiger partial charge >= 0.3 is 0 Å². The van der Waals surface area contributed by atoms with Crippen molar-refractivity contribution >= 4 is 17.5 Å². The van der Waals surface area contributed by atoms with Crippen LogP contribution in [0.4, 0.5) is 11.6 Å². The molecule has 2 rings (SSSR count). The molecule has 1 amide bonds. The molecule has 0 aliphatic carbocycles. The van der Waals surface area contributed by atoms with Crippen LogP contribution in [-0.2, 0) is 4.79 Å². The maximum absolute atomic E-state index is 11.8. The Bertz CT molecular complexity index is 520. The van der Waals surface area contributed by atoms with Crippen LogP contribution in [-0.4, -0.2) is 65.7 Å². The third-order valence-electron chi connectivity index (χ3n) is 3.97. The number of carbonyl (C=O) groups is 1. The summed E-state index contributed by atoms with van der Waals surface area (Å²) in [5.74, 6) is 1.60. The molecule has 0 spiro atoms. The number of carbonyl (C=O) groups excluding carboxylic acids is 1. The molecule has 122 valence electrons. The molecule has 0 radical (unpaired) electrons. The molecule has 0 atom stereocenters. The first-order chi connectivity index (χ1) is 10.4. The van der Waals surface area contributed by atoms with Crippen LogP contribution >= 0.6 is 0 Å². The largest absolute Gasteiger partial charge is 0.396 e. The van der Waals surface area contributed by atoms with Gasteiger partial charge in [0.25, 0.3) is 0 Å². The van der Waals surface area contributed by atoms with Gasteiger partial charge in [0.1, 0.15) is 18.0 Å². The molecule has 0 saturated carbocycles. The average Bonchev–Trinajstić information content (AvgIpc) is 2.48. The first kappa shape index (κ1) is 16.5. The number of piperazine rings is 1. The van der Waals surface area contributed by atoms with Crippen LogP contribution in [0.1, 0.15) is 20.3 Å². The van der Waals surface area contributed by atoms with E-state index in [1.807, 2.05) is 18.0 Å². The minimum atomic E-state index is -0.0103. The second-order valence-corrected chi connectivity index (χ2v) is 6.49. The van der Waals surface area contributed by atoms with Crippen LogP contribution in [0, 0.1) is 5.41 Å². The van der Waals surface area contributed by atoms with E-state index < -0.39 is 0 Å². The highest BCUT2D eigenvalue weighted by Gasteiger charge is 2.22. The van der Waals surface area contributed by atoms with E-state index in [1.54, 1.807) is 4.90 Å². The fraction of sp³-hybridized carbons (Fsp3) is 0.667. The lowest BCUT2D eigenvalue weighted by Gasteiger charge is -2.32. The molecular weight excluding hydrogens is 282 g/mol. The number of nitrogens with one attached hydrogen (secondary N) is 1. The van der Waals surface area contributed by atoms with Gasteiger partial charge in [-0.1, -0.05) is 13.8 Å². The van der Waals surface area contributed by atoms with E-state index in [0.717, 1.165) is 24.6 Å². The molecule has 2 N–H and O–H groups in total. The van der Waals surface area contributed by atoms with Crippen molar-refractivity contribution < 1.29 is 9.90 Å². The van der Waals surface area contributed by atoms with Crippen LogP contribution < -0.4 is 10.2 Å². The number of amides is 1. The van der Waals surface area contributed by atoms with E-state index in [9.17, 15) is 4.79 Å². The monoisotopic (exact) mass is 307 g/mol. The van der Waals surface area contributed by atoms with Crippen molar-refractivity contribution in [1.82, 2.24) is 14.9 Å². The highest BCUT2D eigenvalue weighted by molar-refractivity contribution is 5.82. The first-order valence-electron chi connectivity index (χ1n) is 7.57. The van der Waals surface area contributed by atoms with Gasteiger partial charge < -0.3 is 20.2 Å². The molecule has 1 aromatic heterocycles. The Kier molecular flexibility index (Phi) is 5.18. The number of hydrogen-bond donors (Lipinski definition) is 2. The molecule has 7 nitrogen and oxygen atoms in total. The predicted molar refractivity (Wildman–Crippen MR) is 85.9 cm³/mol. The molecular formula is C15H25N5O2. The smallest absolute Gasteiger partial charge is 0.241 e. The van der Waals surface area contributed by atoms with Crippen molar-refractivity contribution in [2.45, 2.75) is 20.3 Å². The van der Waals surface area contributed by atoms with Gasteiger partial charge in [0, 0.05) is 39.4 Å². The van der Waals surface area contributed by atoms with Crippen molar-refractivity contribution in [1.29, 1.82) is 0 Å². The summed E-state index contributed by atoms with van der Waals surface area (Å²) in [5, 5.41) is 12.3. The van der Waals surface area contributed by atoms with Gasteiger partial charge in [0.05, 0.1) is 6.54 Å². The predicted octanol–water partition coefficient (Wildman–Crippen LogP) is 0.575. The number of anilines is 2. The average molecular weight is 307 g/mol. The summed E-state index contributed by atoms with van der Waals surface area (Å²) in [7, 11) is 1.82. The molecule has 0 bridgehead atoms. The molecule has 1 saturated heterocycles. The highest BCUT2D eigenvalue weighted by atomic mass is 16.3. The Hall–Kier alpha value is -1.89. The summed E-state index contributed by atoms with van der Waals surface area (Å²) in [6.07, 6.45) is 2.24. The molecule has 0 unspecified atom stereocenters. The van der Waals surface area contributed by atoms with Crippen molar-refractivity contribution in [3.63, 3.8) is 0 Å². The summed E-state index contributed by atoms with van der Waals surface area (Å²) < 4.78 is 0. The Balaban J connectivity index is 1.99. The fourth-order valence-corrected chi connectivity index (χ4v) is 2.29. The van der Waals surface area contributed by atoms with Crippen LogP contribution in [0.3, 0.4) is 0 Å². The number of nitrogens with zero attached hydrogens (tertiary/aromatic N) is 4. The Morgan fingerprint density at radius 3 is 2.82 bits per heavy atom. The van der Waals surface area contributed by atoms with E-state index >= 15 is 0 Å². The summed E-state index contributed by atoms with van der Waals surface area (Å²) in [6.45, 7) is 6.90. The number of aromatic nitrogens is 2. The SMILES string of the molecule is CN1CCN(c2cc(NCC(C)(C)CCO)ncn2)CC1=O. The lowest BCUT2D eigenvalue weighted by molar-refractivity contribution is -0.129. The number of hydrogen-bond acceptors (Lipinski definition) is 6. The lowest BCUT2D eigenvalue weighted by Crippen LogP contribution is -2.48. The Labute approximate surface area is 131 Å². The van der Waals surface area contributed by atoms with Crippen LogP contribution in [0.15, 0.2) is 12.4 Å². The Morgan fingerprint density at radius 1 is 1.36 bits per heavy atom. The summed E-state index contributed by atoms with van der Waals surface area (Å²) in [5.41, 5.74) is -0.0103. The van der Waals surface area contributed by atoms with Crippen LogP contribution in [0.2, 0.25) is 0 Å². The minimum absolute atomic E-state index is 0.0103. The number of rotatable bonds is 6. The van der Waals surface area contributed by atoms with Gasteiger partial charge in [-0.05, 0) is 11.8 Å². The van der Waals surface area contributed by atoms with Gasteiger partial charge in [0.2, 0.25) is 5.91 Å². The number of aliphatic hydroxyl groups is 1. The van der Waals surface area contributed by atoms with Crippen molar-refractivity contribution in [2.24, 2.45) is 5.41 Å². The number of likely N-dealkylation sites (N-methyl/N-ethyl adjacent to an activating group) is 1. The molecule has 0 aromatic carbocycles. The topological polar surface area (TPSA) is 81.6 Å². The molecule has 22 heavy (non-hydrogen) atoms. The van der Waals surface area contributed by atoms with Crippen molar-refractivity contribution in [2.75, 3.05) is 50.1 Å². The molecule has 1 aliphatic rings. The quantitative estimate of drug-likeness (QED) is 0.800. The number of aliphatic hydroxyl groups excluding tert-OH is 1. The van der Waals surface area contributed by atoms with Gasteiger partial charge in [-0.2, -0.15) is 0 Å². The lowest BCUT2D eigenvalue weighted by atomic mass is 9.90. The second kappa shape index (κ2) is 6.91. The normalized spacial score (nSPS) is 16.1. The zero-order valence-electron chi connectivity index (χ0n) is 13.5. The third-order valence-corrected chi connectivity index (χ3v) is 3.97. The first-order valence-corrected chi connectivity index (χ1v) is 7.57. The summed E-state index contributed by atoms with van der Waals surface area (Å²) >= 11 is 0. The maximum atomic E-state index is 11.8. The van der Waals surface area contributed by atoms with Gasteiger partial charge in [-0.15, -0.1) is 0 Å². The van der Waals surface area contributed by atoms with Crippen molar-refractivity contribution in [3.8, 4) is 0 Å². The molecule has 1 aromatic rings. The molecule has 7 heteroatoms. The minimum Gasteiger partial charge on any atom is -0.396 e. The maximum Gasteiger partial charge on any atom is 0.241 e. The standard InChI is InChI=1S/C15H25N5O2/c1-15(2,4-7-21)10-16-12-8-13(18-11-17-12)20-6-5-19(3)14(22)9-20/h8,11,21H,4-7,9-10H2,1-3H3,(H,16,17,18). The van der Waals surface area contributed by atoms with E-state index in [0.29, 0.717) is 19.6 Å². The third kappa shape index (κ3) is 4.30. The van der Waals surface area contributed by atoms with E-state index in [1.165, 1.54) is 6.33 Å². The van der Waals surface area contributed by atoms with Gasteiger partial charge in [0.15, 0.2) is 0 Å². The van der Waals surface area contributed by atoms with E-state index in [4.69, 9.17) is 5.11 Å². The zero-order valence-corrected chi connectivity index (χ0v) is 13.5. The van der Waals surface area contributed by atoms with E-state index in [2.05, 4.69) is 29.1 Å². The molecule has 1 aliphatic heterocycles. The van der Waals surface area contributed by atoms with Crippen LogP contribution in [0.5, 0.6) is 0 Å². The van der Waals surface area contributed by atoms with Gasteiger partial charge in [-0.3, -0.25) is 4.79 Å².